The second-order valence-electron chi connectivity index (χ2n) is 5.43. The molecule has 4 nitrogen and oxygen atoms in total. The number of halogens is 2. The average Bonchev–Trinajstić information content (AvgIpc) is 3.05. The average molecular weight is 384 g/mol. The Bertz CT molecular complexity index is 736. The minimum Gasteiger partial charge on any atom is -0.544 e. The fourth-order valence-electron chi connectivity index (χ4n) is 2.49. The Kier molecular flexibility index (Phi) is 5.56. The van der Waals surface area contributed by atoms with Gasteiger partial charge >= 0.3 is 0 Å². The zero-order valence-electron chi connectivity index (χ0n) is 12.6. The highest BCUT2D eigenvalue weighted by atomic mass is 35.5. The predicted molar refractivity (Wildman–Crippen MR) is 93.2 cm³/mol. The van der Waals surface area contributed by atoms with E-state index < -0.39 is 12.0 Å². The van der Waals surface area contributed by atoms with Crippen molar-refractivity contribution in [1.82, 2.24) is 0 Å². The molecule has 7 heteroatoms. The molecule has 1 fully saturated rings. The highest BCUT2D eigenvalue weighted by Gasteiger charge is 2.30. The van der Waals surface area contributed by atoms with E-state index in [1.165, 1.54) is 0 Å². The molecule has 1 aliphatic rings. The maximum atomic E-state index is 11.0. The first kappa shape index (κ1) is 17.4. The van der Waals surface area contributed by atoms with Gasteiger partial charge in [-0.2, -0.15) is 0 Å². The second-order valence-corrected chi connectivity index (χ2v) is 7.42. The first-order valence-electron chi connectivity index (χ1n) is 7.37. The van der Waals surface area contributed by atoms with Crippen LogP contribution in [0.4, 0.5) is 0 Å². The van der Waals surface area contributed by atoms with E-state index in [1.54, 1.807) is 30.0 Å². The molecule has 0 amide bonds. The minimum atomic E-state index is -1.02. The molecule has 0 radical (unpaired) electrons. The van der Waals surface area contributed by atoms with E-state index in [0.29, 0.717) is 21.5 Å². The van der Waals surface area contributed by atoms with E-state index in [0.717, 1.165) is 11.1 Å². The summed E-state index contributed by atoms with van der Waals surface area (Å²) >= 11 is 13.9. The molecule has 3 rings (SSSR count). The summed E-state index contributed by atoms with van der Waals surface area (Å²) in [6.07, 6.45) is 0. The summed E-state index contributed by atoms with van der Waals surface area (Å²) in [7, 11) is 0. The molecule has 1 saturated heterocycles. The van der Waals surface area contributed by atoms with Gasteiger partial charge in [-0.15, -0.1) is 0 Å². The van der Waals surface area contributed by atoms with Gasteiger partial charge in [0, 0.05) is 21.2 Å². The molecule has 2 atom stereocenters. The number of carboxylic acid groups (broad SMARTS) is 1. The molecule has 0 aromatic heterocycles. The lowest BCUT2D eigenvalue weighted by Crippen LogP contribution is -2.90. The first-order chi connectivity index (χ1) is 11.5. The quantitative estimate of drug-likeness (QED) is 0.857. The Morgan fingerprint density at radius 3 is 2.62 bits per heavy atom. The summed E-state index contributed by atoms with van der Waals surface area (Å²) in [4.78, 5) is 11.0. The van der Waals surface area contributed by atoms with Gasteiger partial charge in [-0.3, -0.25) is 0 Å². The largest absolute Gasteiger partial charge is 0.544 e. The van der Waals surface area contributed by atoms with Crippen molar-refractivity contribution in [2.45, 2.75) is 18.0 Å². The van der Waals surface area contributed by atoms with Crippen LogP contribution in [0, 0.1) is 0 Å². The normalized spacial score (nSPS) is 20.1. The fraction of sp³-hybridized carbons (Fsp3) is 0.235. The molecule has 2 N–H and O–H groups in total. The SMILES string of the molecule is O=C([O-])C1CSC(c2cccc(OCc3c(Cl)cccc3Cl)c2)[NH2+]1. The molecule has 126 valence electrons. The molecule has 0 aliphatic carbocycles. The van der Waals surface area contributed by atoms with Crippen LogP contribution in [0.2, 0.25) is 10.0 Å². The minimum absolute atomic E-state index is 0.0281. The van der Waals surface area contributed by atoms with Crippen molar-refractivity contribution < 1.29 is 20.0 Å². The van der Waals surface area contributed by atoms with Gasteiger partial charge in [0.2, 0.25) is 0 Å². The molecule has 2 unspecified atom stereocenters. The summed E-state index contributed by atoms with van der Waals surface area (Å²) in [6, 6.07) is 12.4. The third-order valence-electron chi connectivity index (χ3n) is 3.80. The number of hydrogen-bond acceptors (Lipinski definition) is 4. The highest BCUT2D eigenvalue weighted by Crippen LogP contribution is 2.30. The molecular formula is C17H15Cl2NO3S. The molecule has 1 aliphatic heterocycles. The van der Waals surface area contributed by atoms with Crippen LogP contribution in [0.15, 0.2) is 42.5 Å². The van der Waals surface area contributed by atoms with Crippen LogP contribution in [-0.4, -0.2) is 17.8 Å². The van der Waals surface area contributed by atoms with Crippen LogP contribution in [0.25, 0.3) is 0 Å². The molecule has 0 bridgehead atoms. The van der Waals surface area contributed by atoms with Crippen LogP contribution in [0.5, 0.6) is 5.75 Å². The number of carbonyl (C=O) groups is 1. The zero-order chi connectivity index (χ0) is 17.1. The number of carboxylic acids is 1. The topological polar surface area (TPSA) is 66.0 Å². The smallest absolute Gasteiger partial charge is 0.159 e. The van der Waals surface area contributed by atoms with Crippen LogP contribution in [-0.2, 0) is 11.4 Å². The van der Waals surface area contributed by atoms with Gasteiger partial charge in [-0.1, -0.05) is 53.2 Å². The Hall–Kier alpha value is -1.40. The monoisotopic (exact) mass is 383 g/mol. The number of quaternary nitrogens is 1. The third kappa shape index (κ3) is 3.98. The standard InChI is InChI=1S/C17H15Cl2NO3S/c18-13-5-2-6-14(19)12(13)8-23-11-4-1-3-10(7-11)16-20-15(9-24-16)17(21)22/h1-7,15-16,20H,8-9H2,(H,21,22). The number of aliphatic carboxylic acids is 1. The lowest BCUT2D eigenvalue weighted by Gasteiger charge is -2.13. The molecule has 1 heterocycles. The summed E-state index contributed by atoms with van der Waals surface area (Å²) in [5, 5.41) is 13.9. The number of nitrogens with two attached hydrogens (primary N) is 1. The van der Waals surface area contributed by atoms with Crippen LogP contribution < -0.4 is 15.2 Å². The molecule has 24 heavy (non-hydrogen) atoms. The van der Waals surface area contributed by atoms with Gasteiger partial charge in [0.1, 0.15) is 24.4 Å². The van der Waals surface area contributed by atoms with Crippen LogP contribution in [0.3, 0.4) is 0 Å². The highest BCUT2D eigenvalue weighted by molar-refractivity contribution is 7.99. The maximum Gasteiger partial charge on any atom is 0.159 e. The van der Waals surface area contributed by atoms with E-state index in [2.05, 4.69) is 0 Å². The lowest BCUT2D eigenvalue weighted by atomic mass is 10.2. The van der Waals surface area contributed by atoms with Crippen molar-refractivity contribution in [1.29, 1.82) is 0 Å². The number of thioether (sulfide) groups is 1. The van der Waals surface area contributed by atoms with Crippen molar-refractivity contribution in [3.05, 3.63) is 63.6 Å². The lowest BCUT2D eigenvalue weighted by molar-refractivity contribution is -0.690. The van der Waals surface area contributed by atoms with Gasteiger partial charge in [-0.25, -0.2) is 0 Å². The summed E-state index contributed by atoms with van der Waals surface area (Å²) in [6.45, 7) is 0.269. The Morgan fingerprint density at radius 1 is 1.25 bits per heavy atom. The number of carbonyl (C=O) groups excluding carboxylic acids is 1. The third-order valence-corrected chi connectivity index (χ3v) is 5.84. The number of hydrogen-bond donors (Lipinski definition) is 1. The van der Waals surface area contributed by atoms with Gasteiger partial charge in [0.25, 0.3) is 0 Å². The molecular weight excluding hydrogens is 369 g/mol. The molecule has 2 aromatic rings. The predicted octanol–water partition coefficient (Wildman–Crippen LogP) is 2.00. The summed E-state index contributed by atoms with van der Waals surface area (Å²) in [5.41, 5.74) is 1.75. The van der Waals surface area contributed by atoms with E-state index in [-0.39, 0.29) is 12.0 Å². The molecule has 0 saturated carbocycles. The maximum absolute atomic E-state index is 11.0. The van der Waals surface area contributed by atoms with Crippen molar-refractivity contribution in [2.75, 3.05) is 5.75 Å². The molecule has 0 spiro atoms. The van der Waals surface area contributed by atoms with E-state index >= 15 is 0 Å². The van der Waals surface area contributed by atoms with Crippen LogP contribution >= 0.6 is 35.0 Å². The van der Waals surface area contributed by atoms with E-state index in [9.17, 15) is 9.90 Å². The van der Waals surface area contributed by atoms with Crippen molar-refractivity contribution in [3.8, 4) is 5.75 Å². The van der Waals surface area contributed by atoms with Gasteiger partial charge in [0.05, 0.1) is 5.75 Å². The number of ether oxygens (including phenoxy) is 1. The summed E-state index contributed by atoms with van der Waals surface area (Å²) in [5.74, 6) is 0.202. The van der Waals surface area contributed by atoms with Gasteiger partial charge in [-0.05, 0) is 24.3 Å². The number of benzene rings is 2. The van der Waals surface area contributed by atoms with E-state index in [1.807, 2.05) is 29.6 Å². The number of rotatable bonds is 5. The van der Waals surface area contributed by atoms with Crippen LogP contribution in [0.1, 0.15) is 16.5 Å². The van der Waals surface area contributed by atoms with Crippen molar-refractivity contribution >= 4 is 40.9 Å². The Balaban J connectivity index is 1.69. The first-order valence-corrected chi connectivity index (χ1v) is 9.18. The van der Waals surface area contributed by atoms with E-state index in [4.69, 9.17) is 27.9 Å². The van der Waals surface area contributed by atoms with Gasteiger partial charge in [0.15, 0.2) is 5.37 Å². The summed E-state index contributed by atoms with van der Waals surface area (Å²) < 4.78 is 5.81. The fourth-order valence-corrected chi connectivity index (χ4v) is 4.30. The molecule has 2 aromatic carbocycles. The Labute approximate surface area is 154 Å². The van der Waals surface area contributed by atoms with Crippen molar-refractivity contribution in [2.24, 2.45) is 0 Å². The van der Waals surface area contributed by atoms with Gasteiger partial charge < -0.3 is 20.0 Å². The Morgan fingerprint density at radius 2 is 1.96 bits per heavy atom. The van der Waals surface area contributed by atoms with Crippen molar-refractivity contribution in [3.63, 3.8) is 0 Å². The zero-order valence-corrected chi connectivity index (χ0v) is 14.9. The second kappa shape index (κ2) is 7.66.